The summed E-state index contributed by atoms with van der Waals surface area (Å²) in [7, 11) is 1.53. The van der Waals surface area contributed by atoms with Gasteiger partial charge >= 0.3 is 6.01 Å². The predicted octanol–water partition coefficient (Wildman–Crippen LogP) is 5.18. The molecule has 3 aromatic rings. The molecule has 0 unspecified atom stereocenters. The largest absolute Gasteiger partial charge is 0.467 e. The van der Waals surface area contributed by atoms with Gasteiger partial charge in [0.05, 0.1) is 25.3 Å². The minimum Gasteiger partial charge on any atom is -0.467 e. The van der Waals surface area contributed by atoms with Gasteiger partial charge in [-0.3, -0.25) is 0 Å². The second kappa shape index (κ2) is 9.41. The maximum absolute atomic E-state index is 8.91. The Bertz CT molecular complexity index is 1020. The average molecular weight is 413 g/mol. The molecule has 0 aliphatic heterocycles. The standard InChI is InChI=1S/C21H18Cl2N4O/c1-28-21-26-19(16-4-2-3-14(11-16)7-9-24)13-20(27-21)25-10-8-15-5-6-17(22)12-18(15)23/h2-6,11-13H,7-8,10H2,1H3,(H,25,26,27). The van der Waals surface area contributed by atoms with E-state index in [-0.39, 0.29) is 6.01 Å². The second-order valence-electron chi connectivity index (χ2n) is 6.07. The van der Waals surface area contributed by atoms with Gasteiger partial charge in [-0.1, -0.05) is 47.5 Å². The van der Waals surface area contributed by atoms with E-state index in [0.29, 0.717) is 28.8 Å². The van der Waals surface area contributed by atoms with Crippen molar-refractivity contribution in [1.29, 1.82) is 5.26 Å². The summed E-state index contributed by atoms with van der Waals surface area (Å²) < 4.78 is 5.24. The molecule has 3 rings (SSSR count). The Morgan fingerprint density at radius 3 is 2.71 bits per heavy atom. The molecule has 28 heavy (non-hydrogen) atoms. The van der Waals surface area contributed by atoms with Gasteiger partial charge in [0.2, 0.25) is 0 Å². The highest BCUT2D eigenvalue weighted by molar-refractivity contribution is 6.35. The molecule has 2 aromatic carbocycles. The summed E-state index contributed by atoms with van der Waals surface area (Å²) in [6.07, 6.45) is 1.07. The van der Waals surface area contributed by atoms with Gasteiger partial charge < -0.3 is 10.1 Å². The third kappa shape index (κ3) is 5.13. The Kier molecular flexibility index (Phi) is 6.70. The molecule has 0 saturated heterocycles. The van der Waals surface area contributed by atoms with Crippen molar-refractivity contribution in [1.82, 2.24) is 9.97 Å². The van der Waals surface area contributed by atoms with E-state index < -0.39 is 0 Å². The molecule has 0 radical (unpaired) electrons. The van der Waals surface area contributed by atoms with Crippen LogP contribution in [0.1, 0.15) is 11.1 Å². The molecule has 7 heteroatoms. The molecule has 0 fully saturated rings. The Hall–Kier alpha value is -2.81. The summed E-state index contributed by atoms with van der Waals surface area (Å²) in [5, 5.41) is 13.5. The van der Waals surface area contributed by atoms with Crippen LogP contribution in [-0.2, 0) is 12.8 Å². The maximum Gasteiger partial charge on any atom is 0.318 e. The lowest BCUT2D eigenvalue weighted by molar-refractivity contribution is 0.381. The number of nitriles is 1. The number of methoxy groups -OCH3 is 1. The lowest BCUT2D eigenvalue weighted by atomic mass is 10.1. The molecule has 0 saturated carbocycles. The number of aromatic nitrogens is 2. The third-order valence-electron chi connectivity index (χ3n) is 4.11. The van der Waals surface area contributed by atoms with Crippen molar-refractivity contribution in [3.63, 3.8) is 0 Å². The molecule has 1 N–H and O–H groups in total. The second-order valence-corrected chi connectivity index (χ2v) is 6.92. The predicted molar refractivity (Wildman–Crippen MR) is 112 cm³/mol. The molecule has 5 nitrogen and oxygen atoms in total. The summed E-state index contributed by atoms with van der Waals surface area (Å²) >= 11 is 12.2. The van der Waals surface area contributed by atoms with Gasteiger partial charge in [-0.2, -0.15) is 15.2 Å². The van der Waals surface area contributed by atoms with E-state index in [2.05, 4.69) is 21.4 Å². The van der Waals surface area contributed by atoms with E-state index in [4.69, 9.17) is 33.2 Å². The van der Waals surface area contributed by atoms with Crippen molar-refractivity contribution in [2.24, 2.45) is 0 Å². The molecule has 0 aliphatic rings. The molecule has 0 bridgehead atoms. The van der Waals surface area contributed by atoms with Gasteiger partial charge in [0.15, 0.2) is 0 Å². The molecule has 142 valence electrons. The number of anilines is 1. The first-order valence-electron chi connectivity index (χ1n) is 8.66. The highest BCUT2D eigenvalue weighted by Crippen LogP contribution is 2.24. The minimum absolute atomic E-state index is 0.273. The first kappa shape index (κ1) is 19.9. The number of benzene rings is 2. The number of nitrogens with zero attached hydrogens (tertiary/aromatic N) is 3. The monoisotopic (exact) mass is 412 g/mol. The van der Waals surface area contributed by atoms with Gasteiger partial charge in [-0.25, -0.2) is 0 Å². The number of hydrogen-bond donors (Lipinski definition) is 1. The topological polar surface area (TPSA) is 70.8 Å². The van der Waals surface area contributed by atoms with Crippen molar-refractivity contribution in [2.45, 2.75) is 12.8 Å². The van der Waals surface area contributed by atoms with Crippen molar-refractivity contribution in [3.8, 4) is 23.3 Å². The van der Waals surface area contributed by atoms with E-state index >= 15 is 0 Å². The number of nitrogens with one attached hydrogen (secondary N) is 1. The summed E-state index contributed by atoms with van der Waals surface area (Å²) in [5.74, 6) is 0.651. The SMILES string of the molecule is COc1nc(NCCc2ccc(Cl)cc2Cl)cc(-c2cccc(CC#N)c2)n1. The lowest BCUT2D eigenvalue weighted by Gasteiger charge is -2.11. The minimum atomic E-state index is 0.273. The fourth-order valence-electron chi connectivity index (χ4n) is 2.74. The van der Waals surface area contributed by atoms with Crippen molar-refractivity contribution >= 4 is 29.0 Å². The van der Waals surface area contributed by atoms with Crippen LogP contribution in [-0.4, -0.2) is 23.6 Å². The van der Waals surface area contributed by atoms with Gasteiger partial charge in [-0.15, -0.1) is 0 Å². The first-order valence-corrected chi connectivity index (χ1v) is 9.42. The van der Waals surface area contributed by atoms with Crippen LogP contribution in [0.3, 0.4) is 0 Å². The van der Waals surface area contributed by atoms with Crippen molar-refractivity contribution in [2.75, 3.05) is 19.0 Å². The molecule has 1 aromatic heterocycles. The summed E-state index contributed by atoms with van der Waals surface area (Å²) in [5.41, 5.74) is 3.56. The Balaban J connectivity index is 1.77. The Morgan fingerprint density at radius 2 is 1.96 bits per heavy atom. The fourth-order valence-corrected chi connectivity index (χ4v) is 3.24. The number of hydrogen-bond acceptors (Lipinski definition) is 5. The van der Waals surface area contributed by atoms with E-state index in [0.717, 1.165) is 28.8 Å². The zero-order chi connectivity index (χ0) is 19.9. The average Bonchev–Trinajstić information content (AvgIpc) is 2.70. The van der Waals surface area contributed by atoms with Crippen molar-refractivity contribution < 1.29 is 4.74 Å². The van der Waals surface area contributed by atoms with Gasteiger partial charge in [0.1, 0.15) is 5.82 Å². The van der Waals surface area contributed by atoms with E-state index in [1.807, 2.05) is 42.5 Å². The van der Waals surface area contributed by atoms with Crippen molar-refractivity contribution in [3.05, 3.63) is 69.7 Å². The summed E-state index contributed by atoms with van der Waals surface area (Å²) in [6, 6.07) is 17.5. The molecule has 0 atom stereocenters. The van der Waals surface area contributed by atoms with Crippen LogP contribution in [0.4, 0.5) is 5.82 Å². The highest BCUT2D eigenvalue weighted by Gasteiger charge is 2.08. The maximum atomic E-state index is 8.91. The molecule has 0 spiro atoms. The zero-order valence-electron chi connectivity index (χ0n) is 15.2. The zero-order valence-corrected chi connectivity index (χ0v) is 16.8. The summed E-state index contributed by atoms with van der Waals surface area (Å²) in [6.45, 7) is 0.634. The van der Waals surface area contributed by atoms with Gasteiger partial charge in [-0.05, 0) is 35.7 Å². The van der Waals surface area contributed by atoms with Crippen LogP contribution in [0.5, 0.6) is 6.01 Å². The molecular weight excluding hydrogens is 395 g/mol. The van der Waals surface area contributed by atoms with E-state index in [1.165, 1.54) is 7.11 Å². The van der Waals surface area contributed by atoms with Crippen LogP contribution in [0.15, 0.2) is 48.5 Å². The van der Waals surface area contributed by atoms with Crippen LogP contribution in [0, 0.1) is 11.3 Å². The quantitative estimate of drug-likeness (QED) is 0.578. The van der Waals surface area contributed by atoms with E-state index in [1.54, 1.807) is 6.07 Å². The van der Waals surface area contributed by atoms with Crippen LogP contribution < -0.4 is 10.1 Å². The first-order chi connectivity index (χ1) is 13.6. The van der Waals surface area contributed by atoms with Gasteiger partial charge in [0, 0.05) is 28.2 Å². The van der Waals surface area contributed by atoms with Crippen LogP contribution >= 0.6 is 23.2 Å². The number of halogens is 2. The molecular formula is C21H18Cl2N4O. The van der Waals surface area contributed by atoms with E-state index in [9.17, 15) is 0 Å². The third-order valence-corrected chi connectivity index (χ3v) is 4.70. The fraction of sp³-hybridized carbons (Fsp3) is 0.190. The Morgan fingerprint density at radius 1 is 1.11 bits per heavy atom. The summed E-state index contributed by atoms with van der Waals surface area (Å²) in [4.78, 5) is 8.77. The normalized spacial score (nSPS) is 10.4. The van der Waals surface area contributed by atoms with Crippen LogP contribution in [0.25, 0.3) is 11.3 Å². The Labute approximate surface area is 173 Å². The van der Waals surface area contributed by atoms with Gasteiger partial charge in [0.25, 0.3) is 0 Å². The highest BCUT2D eigenvalue weighted by atomic mass is 35.5. The molecule has 1 heterocycles. The van der Waals surface area contributed by atoms with Crippen LogP contribution in [0.2, 0.25) is 10.0 Å². The smallest absolute Gasteiger partial charge is 0.318 e. The molecule has 0 aliphatic carbocycles. The number of ether oxygens (including phenoxy) is 1. The molecule has 0 amide bonds. The lowest BCUT2D eigenvalue weighted by Crippen LogP contribution is -2.08. The number of rotatable bonds is 7.